The number of hydrogen-bond acceptors (Lipinski definition) is 4. The van der Waals surface area contributed by atoms with Crippen molar-refractivity contribution in [3.8, 4) is 0 Å². The SMILES string of the molecule is CNC(=O)c1cc(NC(C)(C)CO)ccn1. The van der Waals surface area contributed by atoms with Gasteiger partial charge in [-0.05, 0) is 26.0 Å². The van der Waals surface area contributed by atoms with Crippen LogP contribution in [0.15, 0.2) is 18.3 Å². The van der Waals surface area contributed by atoms with Gasteiger partial charge in [-0.1, -0.05) is 0 Å². The molecule has 3 N–H and O–H groups in total. The number of aromatic nitrogens is 1. The number of carbonyl (C=O) groups is 1. The average Bonchev–Trinajstić information content (AvgIpc) is 2.28. The first-order valence-electron chi connectivity index (χ1n) is 5.06. The molecule has 0 bridgehead atoms. The number of nitrogens with one attached hydrogen (secondary N) is 2. The molecule has 0 atom stereocenters. The van der Waals surface area contributed by atoms with Crippen molar-refractivity contribution in [3.05, 3.63) is 24.0 Å². The number of nitrogens with zero attached hydrogens (tertiary/aromatic N) is 1. The Bertz CT molecular complexity index is 377. The molecular weight excluding hydrogens is 206 g/mol. The van der Waals surface area contributed by atoms with Gasteiger partial charge in [0.1, 0.15) is 5.69 Å². The minimum Gasteiger partial charge on any atom is -0.394 e. The Morgan fingerprint density at radius 2 is 2.25 bits per heavy atom. The van der Waals surface area contributed by atoms with Crippen molar-refractivity contribution in [1.29, 1.82) is 0 Å². The van der Waals surface area contributed by atoms with Gasteiger partial charge < -0.3 is 15.7 Å². The number of pyridine rings is 1. The first kappa shape index (κ1) is 12.4. The molecule has 0 aliphatic heterocycles. The molecule has 0 radical (unpaired) electrons. The van der Waals surface area contributed by atoms with Gasteiger partial charge in [0.05, 0.1) is 12.1 Å². The van der Waals surface area contributed by atoms with E-state index in [0.717, 1.165) is 5.69 Å². The second-order valence-electron chi connectivity index (χ2n) is 4.18. The van der Waals surface area contributed by atoms with Crippen LogP contribution in [-0.2, 0) is 0 Å². The minimum absolute atomic E-state index is 0.00459. The van der Waals surface area contributed by atoms with E-state index in [0.29, 0.717) is 5.69 Å². The van der Waals surface area contributed by atoms with Crippen LogP contribution < -0.4 is 10.6 Å². The second kappa shape index (κ2) is 4.94. The van der Waals surface area contributed by atoms with Gasteiger partial charge in [0.15, 0.2) is 0 Å². The topological polar surface area (TPSA) is 74.2 Å². The predicted octanol–water partition coefficient (Wildman–Crippen LogP) is 0.624. The fourth-order valence-electron chi connectivity index (χ4n) is 1.19. The highest BCUT2D eigenvalue weighted by molar-refractivity contribution is 5.92. The zero-order valence-electron chi connectivity index (χ0n) is 9.74. The molecule has 0 aromatic carbocycles. The minimum atomic E-state index is -0.429. The lowest BCUT2D eigenvalue weighted by atomic mass is 10.1. The van der Waals surface area contributed by atoms with Gasteiger partial charge in [0.2, 0.25) is 0 Å². The van der Waals surface area contributed by atoms with Crippen LogP contribution in [0.4, 0.5) is 5.69 Å². The van der Waals surface area contributed by atoms with Crippen molar-refractivity contribution in [1.82, 2.24) is 10.3 Å². The molecule has 0 unspecified atom stereocenters. The number of amides is 1. The summed E-state index contributed by atoms with van der Waals surface area (Å²) in [7, 11) is 1.56. The summed E-state index contributed by atoms with van der Waals surface area (Å²) >= 11 is 0. The van der Waals surface area contributed by atoms with Crippen molar-refractivity contribution in [2.24, 2.45) is 0 Å². The van der Waals surface area contributed by atoms with E-state index in [9.17, 15) is 4.79 Å². The fraction of sp³-hybridized carbons (Fsp3) is 0.455. The number of rotatable bonds is 4. The summed E-state index contributed by atoms with van der Waals surface area (Å²) in [6.07, 6.45) is 1.56. The summed E-state index contributed by atoms with van der Waals surface area (Å²) < 4.78 is 0. The van der Waals surface area contributed by atoms with Crippen LogP contribution >= 0.6 is 0 Å². The molecule has 0 aliphatic rings. The van der Waals surface area contributed by atoms with E-state index < -0.39 is 5.54 Å². The van der Waals surface area contributed by atoms with E-state index >= 15 is 0 Å². The molecule has 0 aliphatic carbocycles. The summed E-state index contributed by atoms with van der Waals surface area (Å²) in [5, 5.41) is 14.7. The van der Waals surface area contributed by atoms with Gasteiger partial charge in [-0.3, -0.25) is 9.78 Å². The van der Waals surface area contributed by atoms with Gasteiger partial charge in [0.25, 0.3) is 5.91 Å². The molecule has 0 saturated heterocycles. The third kappa shape index (κ3) is 3.20. The number of hydrogen-bond donors (Lipinski definition) is 3. The number of aliphatic hydroxyl groups excluding tert-OH is 1. The lowest BCUT2D eigenvalue weighted by Gasteiger charge is -2.24. The largest absolute Gasteiger partial charge is 0.394 e. The fourth-order valence-corrected chi connectivity index (χ4v) is 1.19. The maximum atomic E-state index is 11.4. The number of aliphatic hydroxyl groups is 1. The van der Waals surface area contributed by atoms with Crippen LogP contribution in [0.5, 0.6) is 0 Å². The van der Waals surface area contributed by atoms with E-state index in [1.807, 2.05) is 13.8 Å². The Balaban J connectivity index is 2.87. The van der Waals surface area contributed by atoms with Crippen molar-refractivity contribution in [2.45, 2.75) is 19.4 Å². The lowest BCUT2D eigenvalue weighted by molar-refractivity contribution is 0.0958. The molecule has 1 amide bonds. The van der Waals surface area contributed by atoms with Gasteiger partial charge in [-0.25, -0.2) is 0 Å². The van der Waals surface area contributed by atoms with Gasteiger partial charge in [-0.15, -0.1) is 0 Å². The first-order valence-corrected chi connectivity index (χ1v) is 5.06. The van der Waals surface area contributed by atoms with E-state index in [4.69, 9.17) is 5.11 Å². The second-order valence-corrected chi connectivity index (χ2v) is 4.18. The number of carbonyl (C=O) groups excluding carboxylic acids is 1. The van der Waals surface area contributed by atoms with Crippen molar-refractivity contribution >= 4 is 11.6 Å². The molecule has 5 heteroatoms. The smallest absolute Gasteiger partial charge is 0.269 e. The molecule has 1 aromatic rings. The third-order valence-electron chi connectivity index (χ3n) is 2.10. The molecule has 0 spiro atoms. The third-order valence-corrected chi connectivity index (χ3v) is 2.10. The Hall–Kier alpha value is -1.62. The van der Waals surface area contributed by atoms with E-state index in [2.05, 4.69) is 15.6 Å². The van der Waals surface area contributed by atoms with Crippen LogP contribution in [0.1, 0.15) is 24.3 Å². The van der Waals surface area contributed by atoms with Crippen LogP contribution in [0.2, 0.25) is 0 Å². The summed E-state index contributed by atoms with van der Waals surface area (Å²) in [6, 6.07) is 3.40. The van der Waals surface area contributed by atoms with Crippen LogP contribution in [0, 0.1) is 0 Å². The first-order chi connectivity index (χ1) is 7.48. The quantitative estimate of drug-likeness (QED) is 0.699. The Kier molecular flexibility index (Phi) is 3.84. The number of anilines is 1. The van der Waals surface area contributed by atoms with Crippen LogP contribution in [-0.4, -0.2) is 35.2 Å². The Morgan fingerprint density at radius 1 is 1.56 bits per heavy atom. The van der Waals surface area contributed by atoms with Gasteiger partial charge in [0, 0.05) is 18.9 Å². The Morgan fingerprint density at radius 3 is 2.81 bits per heavy atom. The summed E-state index contributed by atoms with van der Waals surface area (Å²) in [4.78, 5) is 15.3. The summed E-state index contributed by atoms with van der Waals surface area (Å²) in [6.45, 7) is 3.74. The summed E-state index contributed by atoms with van der Waals surface area (Å²) in [5.74, 6) is -0.231. The van der Waals surface area contributed by atoms with Gasteiger partial charge in [-0.2, -0.15) is 0 Å². The van der Waals surface area contributed by atoms with Crippen LogP contribution in [0.25, 0.3) is 0 Å². The molecule has 1 heterocycles. The molecule has 5 nitrogen and oxygen atoms in total. The van der Waals surface area contributed by atoms with E-state index in [-0.39, 0.29) is 12.5 Å². The highest BCUT2D eigenvalue weighted by Crippen LogP contribution is 2.14. The van der Waals surface area contributed by atoms with Crippen molar-refractivity contribution in [3.63, 3.8) is 0 Å². The highest BCUT2D eigenvalue weighted by Gasteiger charge is 2.16. The molecule has 88 valence electrons. The monoisotopic (exact) mass is 223 g/mol. The molecule has 1 aromatic heterocycles. The van der Waals surface area contributed by atoms with Crippen LogP contribution in [0.3, 0.4) is 0 Å². The molecule has 0 saturated carbocycles. The van der Waals surface area contributed by atoms with E-state index in [1.165, 1.54) is 0 Å². The highest BCUT2D eigenvalue weighted by atomic mass is 16.3. The maximum Gasteiger partial charge on any atom is 0.269 e. The normalized spacial score (nSPS) is 11.0. The molecule has 0 fully saturated rings. The maximum absolute atomic E-state index is 11.4. The summed E-state index contributed by atoms with van der Waals surface area (Å²) in [5.41, 5.74) is 0.676. The Labute approximate surface area is 94.9 Å². The van der Waals surface area contributed by atoms with Crippen molar-refractivity contribution < 1.29 is 9.90 Å². The predicted molar refractivity (Wildman–Crippen MR) is 62.4 cm³/mol. The molecular formula is C11H17N3O2. The van der Waals surface area contributed by atoms with Crippen molar-refractivity contribution in [2.75, 3.05) is 19.0 Å². The lowest BCUT2D eigenvalue weighted by Crippen LogP contribution is -2.35. The standard InChI is InChI=1S/C11H17N3O2/c1-11(2,7-15)14-8-4-5-13-9(6-8)10(16)12-3/h4-6,15H,7H2,1-3H3,(H,12,16)(H,13,14). The van der Waals surface area contributed by atoms with E-state index in [1.54, 1.807) is 25.4 Å². The molecule has 1 rings (SSSR count). The zero-order chi connectivity index (χ0) is 12.2. The zero-order valence-corrected chi connectivity index (χ0v) is 9.74. The van der Waals surface area contributed by atoms with Gasteiger partial charge >= 0.3 is 0 Å². The molecule has 16 heavy (non-hydrogen) atoms. The average molecular weight is 223 g/mol.